The molecule has 0 N–H and O–H groups in total. The predicted molar refractivity (Wildman–Crippen MR) is 78.5 cm³/mol. The van der Waals surface area contributed by atoms with E-state index in [9.17, 15) is 17.2 Å². The molecule has 3 aromatic rings. The molecule has 0 fully saturated rings. The van der Waals surface area contributed by atoms with Crippen molar-refractivity contribution in [3.63, 3.8) is 0 Å². The zero-order valence-electron chi connectivity index (χ0n) is 12.1. The minimum atomic E-state index is -4.12. The summed E-state index contributed by atoms with van der Waals surface area (Å²) in [5.41, 5.74) is 0.275. The van der Waals surface area contributed by atoms with Crippen LogP contribution in [0.3, 0.4) is 0 Å². The number of sulfonamides is 1. The van der Waals surface area contributed by atoms with Crippen molar-refractivity contribution < 1.29 is 21.7 Å². The van der Waals surface area contributed by atoms with Crippen molar-refractivity contribution in [1.29, 1.82) is 0 Å². The van der Waals surface area contributed by atoms with Gasteiger partial charge in [0.15, 0.2) is 0 Å². The molecule has 0 amide bonds. The monoisotopic (exact) mass is 339 g/mol. The summed E-state index contributed by atoms with van der Waals surface area (Å²) in [5.74, 6) is -1.60. The summed E-state index contributed by atoms with van der Waals surface area (Å²) in [7, 11) is -2.99. The zero-order valence-corrected chi connectivity index (χ0v) is 12.9. The van der Waals surface area contributed by atoms with Crippen molar-refractivity contribution in [1.82, 2.24) is 10.1 Å². The smallest absolute Gasteiger partial charge is 0.265 e. The third kappa shape index (κ3) is 2.52. The molecule has 0 aliphatic rings. The Hall–Kier alpha value is -2.55. The van der Waals surface area contributed by atoms with Crippen LogP contribution in [0.2, 0.25) is 0 Å². The summed E-state index contributed by atoms with van der Waals surface area (Å²) in [6.45, 7) is 1.64. The average molecular weight is 339 g/mol. The molecule has 0 saturated carbocycles. The van der Waals surface area contributed by atoms with Crippen molar-refractivity contribution in [3.05, 3.63) is 47.8 Å². The highest BCUT2D eigenvalue weighted by Gasteiger charge is 2.25. The fourth-order valence-electron chi connectivity index (χ4n) is 2.08. The number of pyridine rings is 1. The van der Waals surface area contributed by atoms with E-state index in [1.165, 1.54) is 6.07 Å². The minimum Gasteiger partial charge on any atom is -0.336 e. The molecule has 9 heteroatoms. The lowest BCUT2D eigenvalue weighted by Gasteiger charge is -2.19. The lowest BCUT2D eigenvalue weighted by atomic mass is 10.3. The van der Waals surface area contributed by atoms with Gasteiger partial charge >= 0.3 is 0 Å². The van der Waals surface area contributed by atoms with Gasteiger partial charge in [0.05, 0.1) is 23.0 Å². The van der Waals surface area contributed by atoms with Crippen LogP contribution in [0, 0.1) is 18.6 Å². The molecule has 23 heavy (non-hydrogen) atoms. The first-order valence-electron chi connectivity index (χ1n) is 6.46. The Morgan fingerprint density at radius 3 is 2.70 bits per heavy atom. The molecule has 0 unspecified atom stereocenters. The zero-order chi connectivity index (χ0) is 16.8. The van der Waals surface area contributed by atoms with Gasteiger partial charge < -0.3 is 4.52 Å². The Morgan fingerprint density at radius 1 is 1.22 bits per heavy atom. The highest BCUT2D eigenvalue weighted by atomic mass is 32.2. The van der Waals surface area contributed by atoms with Gasteiger partial charge in [-0.1, -0.05) is 5.16 Å². The van der Waals surface area contributed by atoms with E-state index < -0.39 is 27.3 Å². The van der Waals surface area contributed by atoms with E-state index in [0.717, 1.165) is 31.4 Å². The third-order valence-corrected chi connectivity index (χ3v) is 5.13. The largest absolute Gasteiger partial charge is 0.336 e. The van der Waals surface area contributed by atoms with Crippen LogP contribution in [0.15, 0.2) is 39.9 Å². The second-order valence-corrected chi connectivity index (χ2v) is 6.83. The molecule has 0 aliphatic carbocycles. The Bertz CT molecular complexity index is 1000. The molecule has 0 bridgehead atoms. The van der Waals surface area contributed by atoms with Crippen LogP contribution in [0.5, 0.6) is 0 Å². The van der Waals surface area contributed by atoms with E-state index in [-0.39, 0.29) is 10.6 Å². The van der Waals surface area contributed by atoms with Crippen molar-refractivity contribution in [2.45, 2.75) is 11.8 Å². The van der Waals surface area contributed by atoms with E-state index in [0.29, 0.717) is 15.4 Å². The Morgan fingerprint density at radius 2 is 1.96 bits per heavy atom. The second kappa shape index (κ2) is 5.27. The van der Waals surface area contributed by atoms with Crippen molar-refractivity contribution >= 4 is 26.8 Å². The Balaban J connectivity index is 2.12. The summed E-state index contributed by atoms with van der Waals surface area (Å²) in [6.07, 6.45) is 1.08. The number of nitrogens with zero attached hydrogens (tertiary/aromatic N) is 3. The van der Waals surface area contributed by atoms with E-state index in [1.807, 2.05) is 0 Å². The maximum Gasteiger partial charge on any atom is 0.265 e. The number of halogens is 2. The topological polar surface area (TPSA) is 76.3 Å². The quantitative estimate of drug-likeness (QED) is 0.733. The predicted octanol–water partition coefficient (Wildman–Crippen LogP) is 2.63. The van der Waals surface area contributed by atoms with Crippen molar-refractivity contribution in [3.8, 4) is 0 Å². The van der Waals surface area contributed by atoms with Crippen LogP contribution in [0.1, 0.15) is 5.69 Å². The van der Waals surface area contributed by atoms with Crippen LogP contribution in [0.25, 0.3) is 11.1 Å². The molecule has 1 aromatic carbocycles. The molecule has 0 spiro atoms. The van der Waals surface area contributed by atoms with Gasteiger partial charge in [-0.25, -0.2) is 22.2 Å². The lowest BCUT2D eigenvalue weighted by Crippen LogP contribution is -2.27. The molecule has 3 rings (SSSR count). The number of benzene rings is 1. The number of aryl methyl sites for hydroxylation is 1. The summed E-state index contributed by atoms with van der Waals surface area (Å²) >= 11 is 0. The molecule has 0 saturated heterocycles. The fraction of sp³-hybridized carbons (Fsp3) is 0.143. The fourth-order valence-corrected chi connectivity index (χ4v) is 3.25. The first-order valence-corrected chi connectivity index (χ1v) is 7.91. The average Bonchev–Trinajstić information content (AvgIpc) is 2.90. The van der Waals surface area contributed by atoms with Crippen molar-refractivity contribution in [2.24, 2.45) is 0 Å². The van der Waals surface area contributed by atoms with Gasteiger partial charge in [0.2, 0.25) is 0 Å². The number of hydrogen-bond donors (Lipinski definition) is 0. The molecule has 0 aliphatic heterocycles. The molecule has 2 aromatic heterocycles. The third-order valence-electron chi connectivity index (χ3n) is 3.39. The first-order chi connectivity index (χ1) is 10.8. The van der Waals surface area contributed by atoms with E-state index in [4.69, 9.17) is 4.52 Å². The van der Waals surface area contributed by atoms with E-state index in [1.54, 1.807) is 6.92 Å². The van der Waals surface area contributed by atoms with Gasteiger partial charge in [0.25, 0.3) is 15.7 Å². The Labute approximate surface area is 130 Å². The van der Waals surface area contributed by atoms with E-state index in [2.05, 4.69) is 10.1 Å². The van der Waals surface area contributed by atoms with Crippen LogP contribution < -0.4 is 4.31 Å². The van der Waals surface area contributed by atoms with Gasteiger partial charge in [0, 0.05) is 13.1 Å². The van der Waals surface area contributed by atoms with Crippen LogP contribution in [0.4, 0.5) is 14.5 Å². The van der Waals surface area contributed by atoms with Crippen LogP contribution >= 0.6 is 0 Å². The first kappa shape index (κ1) is 15.3. The van der Waals surface area contributed by atoms with Gasteiger partial charge in [-0.2, -0.15) is 0 Å². The maximum absolute atomic E-state index is 13.8. The SMILES string of the molecule is Cc1noc2ncc(S(=O)(=O)N(C)c3cc(F)ccc3F)cc12. The molecule has 0 atom stereocenters. The molecule has 2 heterocycles. The Kier molecular flexibility index (Phi) is 3.52. The number of aromatic nitrogens is 2. The summed E-state index contributed by atoms with van der Waals surface area (Å²) in [5, 5.41) is 4.12. The van der Waals surface area contributed by atoms with Crippen LogP contribution in [-0.4, -0.2) is 25.6 Å². The minimum absolute atomic E-state index is 0.178. The molecule has 0 radical (unpaired) electrons. The van der Waals surface area contributed by atoms with Gasteiger partial charge in [-0.3, -0.25) is 4.31 Å². The van der Waals surface area contributed by atoms with Crippen molar-refractivity contribution in [2.75, 3.05) is 11.4 Å². The molecule has 120 valence electrons. The maximum atomic E-state index is 13.8. The van der Waals surface area contributed by atoms with Gasteiger partial charge in [-0.05, 0) is 25.1 Å². The highest BCUT2D eigenvalue weighted by molar-refractivity contribution is 7.92. The highest BCUT2D eigenvalue weighted by Crippen LogP contribution is 2.27. The second-order valence-electron chi connectivity index (χ2n) is 4.86. The van der Waals surface area contributed by atoms with Gasteiger partial charge in [0.1, 0.15) is 16.5 Å². The lowest BCUT2D eigenvalue weighted by molar-refractivity contribution is 0.442. The number of rotatable bonds is 3. The molecular formula is C14H11F2N3O3S. The summed E-state index contributed by atoms with van der Waals surface area (Å²) in [6, 6.07) is 3.91. The molecular weight excluding hydrogens is 328 g/mol. The number of hydrogen-bond acceptors (Lipinski definition) is 5. The number of anilines is 1. The standard InChI is InChI=1S/C14H11F2N3O3S/c1-8-11-6-10(7-17-14(11)22-18-8)23(20,21)19(2)13-5-9(15)3-4-12(13)16/h3-7H,1-2H3. The molecule has 6 nitrogen and oxygen atoms in total. The number of fused-ring (bicyclic) bond motifs is 1. The van der Waals surface area contributed by atoms with Gasteiger partial charge in [-0.15, -0.1) is 0 Å². The normalized spacial score (nSPS) is 11.8. The summed E-state index contributed by atoms with van der Waals surface area (Å²) in [4.78, 5) is 3.70. The van der Waals surface area contributed by atoms with Crippen LogP contribution in [-0.2, 0) is 10.0 Å². The van der Waals surface area contributed by atoms with E-state index >= 15 is 0 Å². The summed E-state index contributed by atoms with van der Waals surface area (Å²) < 4.78 is 57.9.